The number of carbonyl (C=O) groups is 1. The standard InChI is InChI=1S/C14H25N3O2/c15-12(17-19)14(8-3-1-2-4-9-14)13(18)16-10-7-11-5-6-11/h11,19H,1-10H2,(H2,15,17)(H,16,18). The summed E-state index contributed by atoms with van der Waals surface area (Å²) in [4.78, 5) is 12.5. The topological polar surface area (TPSA) is 87.7 Å². The fraction of sp³-hybridized carbons (Fsp3) is 0.857. The Morgan fingerprint density at radius 2 is 1.89 bits per heavy atom. The van der Waals surface area contributed by atoms with Crippen LogP contribution in [0.15, 0.2) is 5.16 Å². The average Bonchev–Trinajstić information content (AvgIpc) is 3.24. The van der Waals surface area contributed by atoms with Crippen molar-refractivity contribution in [1.82, 2.24) is 5.32 Å². The summed E-state index contributed by atoms with van der Waals surface area (Å²) in [6, 6.07) is 0. The summed E-state index contributed by atoms with van der Waals surface area (Å²) >= 11 is 0. The van der Waals surface area contributed by atoms with Gasteiger partial charge in [-0.15, -0.1) is 0 Å². The van der Waals surface area contributed by atoms with Crippen molar-refractivity contribution >= 4 is 11.7 Å². The quantitative estimate of drug-likeness (QED) is 0.234. The molecule has 0 unspecified atom stereocenters. The highest BCUT2D eigenvalue weighted by molar-refractivity contribution is 6.06. The van der Waals surface area contributed by atoms with Crippen molar-refractivity contribution < 1.29 is 10.0 Å². The molecule has 0 aromatic heterocycles. The van der Waals surface area contributed by atoms with Crippen molar-refractivity contribution in [3.05, 3.63) is 0 Å². The van der Waals surface area contributed by atoms with Crippen molar-refractivity contribution in [3.63, 3.8) is 0 Å². The van der Waals surface area contributed by atoms with E-state index >= 15 is 0 Å². The number of oxime groups is 1. The van der Waals surface area contributed by atoms with Crippen molar-refractivity contribution in [2.24, 2.45) is 22.2 Å². The van der Waals surface area contributed by atoms with E-state index in [1.54, 1.807) is 0 Å². The van der Waals surface area contributed by atoms with E-state index in [4.69, 9.17) is 10.9 Å². The molecule has 0 heterocycles. The maximum Gasteiger partial charge on any atom is 0.233 e. The number of hydrogen-bond acceptors (Lipinski definition) is 3. The van der Waals surface area contributed by atoms with Crippen LogP contribution < -0.4 is 11.1 Å². The Kier molecular flexibility index (Phi) is 4.66. The first-order valence-corrected chi connectivity index (χ1v) is 7.45. The summed E-state index contributed by atoms with van der Waals surface area (Å²) in [5.74, 6) is 0.831. The van der Waals surface area contributed by atoms with Gasteiger partial charge in [0, 0.05) is 6.54 Å². The van der Waals surface area contributed by atoms with E-state index in [2.05, 4.69) is 10.5 Å². The molecule has 2 aliphatic carbocycles. The molecule has 0 aromatic rings. The SMILES string of the molecule is NC(=NO)C1(C(=O)NCCC2CC2)CCCCCC1. The molecule has 1 amide bonds. The van der Waals surface area contributed by atoms with Crippen LogP contribution in [0.25, 0.3) is 0 Å². The Bertz CT molecular complexity index is 343. The lowest BCUT2D eigenvalue weighted by molar-refractivity contribution is -0.128. The third-order valence-electron chi connectivity index (χ3n) is 4.52. The second kappa shape index (κ2) is 6.26. The first kappa shape index (κ1) is 14.2. The van der Waals surface area contributed by atoms with Crippen LogP contribution in [-0.4, -0.2) is 23.5 Å². The van der Waals surface area contributed by atoms with Crippen LogP contribution in [0.2, 0.25) is 0 Å². The highest BCUT2D eigenvalue weighted by Gasteiger charge is 2.42. The molecule has 2 rings (SSSR count). The van der Waals surface area contributed by atoms with E-state index in [-0.39, 0.29) is 11.7 Å². The zero-order valence-corrected chi connectivity index (χ0v) is 11.5. The van der Waals surface area contributed by atoms with Crippen LogP contribution >= 0.6 is 0 Å². The Labute approximate surface area is 114 Å². The zero-order chi connectivity index (χ0) is 13.7. The molecule has 19 heavy (non-hydrogen) atoms. The number of hydrogen-bond donors (Lipinski definition) is 3. The van der Waals surface area contributed by atoms with E-state index < -0.39 is 5.41 Å². The second-order valence-corrected chi connectivity index (χ2v) is 5.97. The van der Waals surface area contributed by atoms with Crippen LogP contribution in [-0.2, 0) is 4.79 Å². The maximum absolute atomic E-state index is 12.5. The number of nitrogens with zero attached hydrogens (tertiary/aromatic N) is 1. The molecule has 0 saturated heterocycles. The number of amides is 1. The minimum absolute atomic E-state index is 0.0506. The molecule has 108 valence electrons. The number of rotatable bonds is 5. The molecule has 2 aliphatic rings. The molecule has 0 aromatic carbocycles. The van der Waals surface area contributed by atoms with Gasteiger partial charge in [-0.2, -0.15) is 0 Å². The van der Waals surface area contributed by atoms with Gasteiger partial charge in [0.1, 0.15) is 5.41 Å². The molecule has 5 heteroatoms. The minimum atomic E-state index is -0.783. The molecule has 0 spiro atoms. The first-order valence-electron chi connectivity index (χ1n) is 7.45. The van der Waals surface area contributed by atoms with Crippen molar-refractivity contribution in [2.45, 2.75) is 57.8 Å². The van der Waals surface area contributed by atoms with Gasteiger partial charge in [-0.3, -0.25) is 4.79 Å². The zero-order valence-electron chi connectivity index (χ0n) is 11.5. The summed E-state index contributed by atoms with van der Waals surface area (Å²) in [5, 5.41) is 15.1. The van der Waals surface area contributed by atoms with Crippen molar-refractivity contribution in [2.75, 3.05) is 6.54 Å². The van der Waals surface area contributed by atoms with Crippen LogP contribution in [0, 0.1) is 11.3 Å². The van der Waals surface area contributed by atoms with Gasteiger partial charge in [-0.1, -0.05) is 43.7 Å². The predicted octanol–water partition coefficient (Wildman–Crippen LogP) is 1.99. The van der Waals surface area contributed by atoms with Crippen LogP contribution in [0.3, 0.4) is 0 Å². The monoisotopic (exact) mass is 267 g/mol. The van der Waals surface area contributed by atoms with Gasteiger partial charge in [-0.05, 0) is 25.2 Å². The number of nitrogens with two attached hydrogens (primary N) is 1. The summed E-state index contributed by atoms with van der Waals surface area (Å²) in [5.41, 5.74) is 5.05. The number of carbonyl (C=O) groups excluding carboxylic acids is 1. The average molecular weight is 267 g/mol. The largest absolute Gasteiger partial charge is 0.409 e. The van der Waals surface area contributed by atoms with Crippen LogP contribution in [0.1, 0.15) is 57.8 Å². The van der Waals surface area contributed by atoms with Gasteiger partial charge >= 0.3 is 0 Å². The minimum Gasteiger partial charge on any atom is -0.409 e. The molecule has 0 radical (unpaired) electrons. The normalized spacial score (nSPS) is 23.7. The second-order valence-electron chi connectivity index (χ2n) is 5.97. The summed E-state index contributed by atoms with van der Waals surface area (Å²) in [6.07, 6.45) is 9.20. The predicted molar refractivity (Wildman–Crippen MR) is 73.9 cm³/mol. The van der Waals surface area contributed by atoms with E-state index in [1.165, 1.54) is 12.8 Å². The van der Waals surface area contributed by atoms with E-state index in [1.807, 2.05) is 0 Å². The number of amidine groups is 1. The maximum atomic E-state index is 12.5. The first-order chi connectivity index (χ1) is 9.19. The molecule has 5 nitrogen and oxygen atoms in total. The van der Waals surface area contributed by atoms with Crippen LogP contribution in [0.5, 0.6) is 0 Å². The molecular formula is C14H25N3O2. The third-order valence-corrected chi connectivity index (χ3v) is 4.52. The summed E-state index contributed by atoms with van der Waals surface area (Å²) in [6.45, 7) is 0.712. The van der Waals surface area contributed by atoms with Gasteiger partial charge in [0.25, 0.3) is 0 Å². The summed E-state index contributed by atoms with van der Waals surface area (Å²) in [7, 11) is 0. The molecular weight excluding hydrogens is 242 g/mol. The lowest BCUT2D eigenvalue weighted by atomic mass is 9.78. The highest BCUT2D eigenvalue weighted by Crippen LogP contribution is 2.36. The van der Waals surface area contributed by atoms with Crippen molar-refractivity contribution in [3.8, 4) is 0 Å². The van der Waals surface area contributed by atoms with Gasteiger partial charge < -0.3 is 16.3 Å². The van der Waals surface area contributed by atoms with Gasteiger partial charge in [-0.25, -0.2) is 0 Å². The Balaban J connectivity index is 1.99. The smallest absolute Gasteiger partial charge is 0.233 e. The van der Waals surface area contributed by atoms with Crippen molar-refractivity contribution in [1.29, 1.82) is 0 Å². The fourth-order valence-electron chi connectivity index (χ4n) is 2.99. The van der Waals surface area contributed by atoms with Gasteiger partial charge in [0.05, 0.1) is 0 Å². The number of nitrogens with one attached hydrogen (secondary N) is 1. The van der Waals surface area contributed by atoms with Gasteiger partial charge in [0.2, 0.25) is 5.91 Å². The molecule has 0 atom stereocenters. The lowest BCUT2D eigenvalue weighted by Crippen LogP contribution is -2.50. The molecule has 4 N–H and O–H groups in total. The molecule has 0 bridgehead atoms. The highest BCUT2D eigenvalue weighted by atomic mass is 16.4. The molecule has 2 fully saturated rings. The van der Waals surface area contributed by atoms with E-state index in [9.17, 15) is 4.79 Å². The Hall–Kier alpha value is -1.26. The van der Waals surface area contributed by atoms with Crippen LogP contribution in [0.4, 0.5) is 0 Å². The molecule has 2 saturated carbocycles. The fourth-order valence-corrected chi connectivity index (χ4v) is 2.99. The van der Waals surface area contributed by atoms with Gasteiger partial charge in [0.15, 0.2) is 5.84 Å². The van der Waals surface area contributed by atoms with E-state index in [0.29, 0.717) is 19.4 Å². The Morgan fingerprint density at radius 1 is 1.26 bits per heavy atom. The lowest BCUT2D eigenvalue weighted by Gasteiger charge is -2.29. The van der Waals surface area contributed by atoms with E-state index in [0.717, 1.165) is 38.0 Å². The Morgan fingerprint density at radius 3 is 2.42 bits per heavy atom. The third kappa shape index (κ3) is 3.39. The summed E-state index contributed by atoms with van der Waals surface area (Å²) < 4.78 is 0. The molecule has 0 aliphatic heterocycles.